The predicted octanol–water partition coefficient (Wildman–Crippen LogP) is 2.56. The molecular formula is C10H11N3OS2. The number of carbonyl (C=O) groups excluding carboxylic acids is 1. The molecule has 0 saturated heterocycles. The van der Waals surface area contributed by atoms with E-state index in [4.69, 9.17) is 0 Å². The molecule has 6 heteroatoms. The van der Waals surface area contributed by atoms with E-state index >= 15 is 0 Å². The van der Waals surface area contributed by atoms with Gasteiger partial charge in [-0.05, 0) is 24.3 Å². The molecule has 16 heavy (non-hydrogen) atoms. The summed E-state index contributed by atoms with van der Waals surface area (Å²) >= 11 is 3.06. The van der Waals surface area contributed by atoms with Crippen molar-refractivity contribution in [2.75, 3.05) is 5.32 Å². The first-order valence-electron chi connectivity index (χ1n) is 4.93. The van der Waals surface area contributed by atoms with E-state index in [1.165, 1.54) is 16.2 Å². The van der Waals surface area contributed by atoms with Crippen molar-refractivity contribution < 1.29 is 4.79 Å². The third kappa shape index (κ3) is 3.39. The van der Waals surface area contributed by atoms with Gasteiger partial charge < -0.3 is 5.32 Å². The van der Waals surface area contributed by atoms with Crippen molar-refractivity contribution in [2.24, 2.45) is 0 Å². The quantitative estimate of drug-likeness (QED) is 0.891. The lowest BCUT2D eigenvalue weighted by Gasteiger charge is -1.99. The van der Waals surface area contributed by atoms with Crippen LogP contribution < -0.4 is 5.32 Å². The topological polar surface area (TPSA) is 54.9 Å². The summed E-state index contributed by atoms with van der Waals surface area (Å²) in [4.78, 5) is 12.8. The molecule has 4 nitrogen and oxygen atoms in total. The summed E-state index contributed by atoms with van der Waals surface area (Å²) in [5, 5.41) is 12.7. The Bertz CT molecular complexity index is 425. The molecule has 2 heterocycles. The lowest BCUT2D eigenvalue weighted by Crippen LogP contribution is -2.11. The van der Waals surface area contributed by atoms with Gasteiger partial charge in [0.2, 0.25) is 11.0 Å². The number of aromatic nitrogens is 2. The predicted molar refractivity (Wildman–Crippen MR) is 65.8 cm³/mol. The molecule has 1 amide bonds. The van der Waals surface area contributed by atoms with Crippen LogP contribution in [-0.2, 0) is 11.2 Å². The highest BCUT2D eigenvalue weighted by atomic mass is 32.1. The Morgan fingerprint density at radius 3 is 3.06 bits per heavy atom. The van der Waals surface area contributed by atoms with Crippen molar-refractivity contribution in [1.82, 2.24) is 10.2 Å². The number of hydrogen-bond donors (Lipinski definition) is 1. The van der Waals surface area contributed by atoms with Gasteiger partial charge in [0.25, 0.3) is 0 Å². The molecule has 2 aromatic heterocycles. The number of rotatable bonds is 5. The van der Waals surface area contributed by atoms with Crippen molar-refractivity contribution in [1.29, 1.82) is 0 Å². The maximum atomic E-state index is 11.5. The van der Waals surface area contributed by atoms with Crippen LogP contribution in [0.3, 0.4) is 0 Å². The van der Waals surface area contributed by atoms with Crippen molar-refractivity contribution >= 4 is 33.7 Å². The molecule has 0 aromatic carbocycles. The molecule has 2 rings (SSSR count). The van der Waals surface area contributed by atoms with Gasteiger partial charge in [-0.25, -0.2) is 0 Å². The number of carbonyl (C=O) groups is 1. The fourth-order valence-electron chi connectivity index (χ4n) is 1.29. The number of amides is 1. The molecule has 0 aliphatic rings. The summed E-state index contributed by atoms with van der Waals surface area (Å²) < 4.78 is 0. The zero-order chi connectivity index (χ0) is 11.2. The van der Waals surface area contributed by atoms with Gasteiger partial charge in [-0.2, -0.15) is 0 Å². The Kier molecular flexibility index (Phi) is 4.01. The van der Waals surface area contributed by atoms with Crippen LogP contribution in [0.1, 0.15) is 17.7 Å². The fraction of sp³-hybridized carbons (Fsp3) is 0.300. The molecule has 0 unspecified atom stereocenters. The lowest BCUT2D eigenvalue weighted by atomic mass is 10.2. The zero-order valence-electron chi connectivity index (χ0n) is 8.55. The van der Waals surface area contributed by atoms with E-state index in [0.717, 1.165) is 12.8 Å². The number of aryl methyl sites for hydroxylation is 1. The minimum Gasteiger partial charge on any atom is -0.301 e. The van der Waals surface area contributed by atoms with Crippen LogP contribution in [-0.4, -0.2) is 16.1 Å². The third-order valence-corrected chi connectivity index (χ3v) is 3.56. The smallest absolute Gasteiger partial charge is 0.226 e. The highest BCUT2D eigenvalue weighted by Crippen LogP contribution is 2.13. The summed E-state index contributed by atoms with van der Waals surface area (Å²) in [6.45, 7) is 0. The van der Waals surface area contributed by atoms with Crippen molar-refractivity contribution in [3.8, 4) is 0 Å². The van der Waals surface area contributed by atoms with Gasteiger partial charge >= 0.3 is 0 Å². The fourth-order valence-corrected chi connectivity index (χ4v) is 2.50. The maximum absolute atomic E-state index is 11.5. The maximum Gasteiger partial charge on any atom is 0.226 e. The van der Waals surface area contributed by atoms with Crippen LogP contribution in [0, 0.1) is 0 Å². The average molecular weight is 253 g/mol. The second-order valence-corrected chi connectivity index (χ2v) is 5.09. The summed E-state index contributed by atoms with van der Waals surface area (Å²) in [7, 11) is 0. The number of nitrogens with one attached hydrogen (secondary N) is 1. The summed E-state index contributed by atoms with van der Waals surface area (Å²) in [5.41, 5.74) is 1.60. The Hall–Kier alpha value is -1.27. The summed E-state index contributed by atoms with van der Waals surface area (Å²) in [5.74, 6) is 0.00769. The van der Waals surface area contributed by atoms with Crippen LogP contribution in [0.2, 0.25) is 0 Å². The Morgan fingerprint density at radius 1 is 1.44 bits per heavy atom. The standard InChI is InChI=1S/C10H11N3OS2/c14-9(12-10-13-11-7-16-10)5-1-3-8-4-2-6-15-8/h2,4,6-7H,1,3,5H2,(H,12,13,14). The van der Waals surface area contributed by atoms with E-state index < -0.39 is 0 Å². The molecule has 1 N–H and O–H groups in total. The number of anilines is 1. The molecule has 0 spiro atoms. The number of hydrogen-bond acceptors (Lipinski definition) is 5. The first kappa shape index (κ1) is 11.2. The highest BCUT2D eigenvalue weighted by molar-refractivity contribution is 7.13. The van der Waals surface area contributed by atoms with E-state index in [1.807, 2.05) is 6.07 Å². The molecule has 0 fully saturated rings. The van der Waals surface area contributed by atoms with Gasteiger partial charge in [0.05, 0.1) is 0 Å². The summed E-state index contributed by atoms with van der Waals surface area (Å²) in [6, 6.07) is 4.12. The van der Waals surface area contributed by atoms with Crippen LogP contribution in [0.5, 0.6) is 0 Å². The normalized spacial score (nSPS) is 10.2. The average Bonchev–Trinajstić information content (AvgIpc) is 2.90. The molecule has 0 saturated carbocycles. The SMILES string of the molecule is O=C(CCCc1cccs1)Nc1nncs1. The molecule has 84 valence electrons. The van der Waals surface area contributed by atoms with Gasteiger partial charge in [0, 0.05) is 11.3 Å². The van der Waals surface area contributed by atoms with E-state index in [2.05, 4.69) is 27.0 Å². The monoisotopic (exact) mass is 253 g/mol. The van der Waals surface area contributed by atoms with Crippen molar-refractivity contribution in [3.05, 3.63) is 27.9 Å². The number of nitrogens with zero attached hydrogens (tertiary/aromatic N) is 2. The second kappa shape index (κ2) is 5.72. The number of thiophene rings is 1. The molecule has 2 aromatic rings. The first-order chi connectivity index (χ1) is 7.84. The molecule has 0 atom stereocenters. The molecule has 0 aliphatic heterocycles. The van der Waals surface area contributed by atoms with Crippen LogP contribution >= 0.6 is 22.7 Å². The van der Waals surface area contributed by atoms with Crippen molar-refractivity contribution in [3.63, 3.8) is 0 Å². The van der Waals surface area contributed by atoms with Crippen molar-refractivity contribution in [2.45, 2.75) is 19.3 Å². The second-order valence-electron chi connectivity index (χ2n) is 3.22. The molecule has 0 bridgehead atoms. The van der Waals surface area contributed by atoms with E-state index in [0.29, 0.717) is 11.6 Å². The lowest BCUT2D eigenvalue weighted by molar-refractivity contribution is -0.116. The summed E-state index contributed by atoms with van der Waals surface area (Å²) in [6.07, 6.45) is 2.35. The van der Waals surface area contributed by atoms with E-state index in [9.17, 15) is 4.79 Å². The van der Waals surface area contributed by atoms with Gasteiger partial charge in [-0.3, -0.25) is 4.79 Å². The Labute approximate surface area is 101 Å². The van der Waals surface area contributed by atoms with Crippen LogP contribution in [0.4, 0.5) is 5.13 Å². The van der Waals surface area contributed by atoms with Gasteiger partial charge in [0.15, 0.2) is 0 Å². The van der Waals surface area contributed by atoms with Gasteiger partial charge in [0.1, 0.15) is 5.51 Å². The minimum atomic E-state index is 0.00769. The zero-order valence-corrected chi connectivity index (χ0v) is 10.2. The van der Waals surface area contributed by atoms with Gasteiger partial charge in [-0.15, -0.1) is 21.5 Å². The van der Waals surface area contributed by atoms with E-state index in [1.54, 1.807) is 16.8 Å². The van der Waals surface area contributed by atoms with E-state index in [-0.39, 0.29) is 5.91 Å². The van der Waals surface area contributed by atoms with Crippen LogP contribution in [0.15, 0.2) is 23.0 Å². The van der Waals surface area contributed by atoms with Gasteiger partial charge in [-0.1, -0.05) is 17.4 Å². The molecule has 0 aliphatic carbocycles. The first-order valence-corrected chi connectivity index (χ1v) is 6.69. The molecule has 0 radical (unpaired) electrons. The third-order valence-electron chi connectivity index (χ3n) is 2.01. The Morgan fingerprint density at radius 2 is 2.38 bits per heavy atom. The highest BCUT2D eigenvalue weighted by Gasteiger charge is 2.04. The Balaban J connectivity index is 1.68. The largest absolute Gasteiger partial charge is 0.301 e. The minimum absolute atomic E-state index is 0.00769. The van der Waals surface area contributed by atoms with Crippen LogP contribution in [0.25, 0.3) is 0 Å². The molecular weight excluding hydrogens is 242 g/mol.